The lowest BCUT2D eigenvalue weighted by Gasteiger charge is -2.13. The van der Waals surface area contributed by atoms with E-state index in [2.05, 4.69) is 10.3 Å². The zero-order chi connectivity index (χ0) is 23.7. The molecule has 4 rings (SSSR count). The van der Waals surface area contributed by atoms with Crippen molar-refractivity contribution < 1.29 is 14.3 Å². The summed E-state index contributed by atoms with van der Waals surface area (Å²) in [4.78, 5) is 29.8. The molecule has 1 aromatic heterocycles. The molecule has 0 unspecified atom stereocenters. The lowest BCUT2D eigenvalue weighted by Crippen LogP contribution is -2.19. The van der Waals surface area contributed by atoms with Crippen molar-refractivity contribution in [1.82, 2.24) is 9.88 Å². The molecule has 2 heterocycles. The standard InChI is InChI=1S/C24H19Cl2N3O3S/c1-13-11-15(14(2)29(13)19-10-5-4-7-16(19)23(31)32-3)12-20-22(30)28-24(33-20)27-18-9-6-8-17(25)21(18)26/h4-12H,1-3H3,(H,27,28,30). The first-order valence-corrected chi connectivity index (χ1v) is 11.5. The van der Waals surface area contributed by atoms with E-state index in [-0.39, 0.29) is 5.91 Å². The van der Waals surface area contributed by atoms with Crippen LogP contribution in [0.5, 0.6) is 0 Å². The number of aromatic nitrogens is 1. The van der Waals surface area contributed by atoms with Gasteiger partial charge < -0.3 is 14.6 Å². The summed E-state index contributed by atoms with van der Waals surface area (Å²) in [5.41, 5.74) is 4.30. The highest BCUT2D eigenvalue weighted by Gasteiger charge is 2.25. The van der Waals surface area contributed by atoms with Crippen LogP contribution in [0.25, 0.3) is 11.8 Å². The predicted octanol–water partition coefficient (Wildman–Crippen LogP) is 6.08. The number of nitrogens with one attached hydrogen (secondary N) is 1. The van der Waals surface area contributed by atoms with Gasteiger partial charge in [-0.1, -0.05) is 41.4 Å². The third kappa shape index (κ3) is 4.57. The van der Waals surface area contributed by atoms with Gasteiger partial charge in [0.25, 0.3) is 5.91 Å². The van der Waals surface area contributed by atoms with Crippen molar-refractivity contribution in [2.75, 3.05) is 7.11 Å². The minimum absolute atomic E-state index is 0.253. The molecule has 2 aromatic carbocycles. The Bertz CT molecular complexity index is 1340. The van der Waals surface area contributed by atoms with E-state index in [4.69, 9.17) is 27.9 Å². The Morgan fingerprint density at radius 3 is 2.67 bits per heavy atom. The molecule has 0 atom stereocenters. The third-order valence-corrected chi connectivity index (χ3v) is 6.83. The van der Waals surface area contributed by atoms with Crippen LogP contribution in [0.15, 0.2) is 58.4 Å². The number of amidine groups is 1. The number of hydrogen-bond acceptors (Lipinski definition) is 5. The largest absolute Gasteiger partial charge is 0.465 e. The van der Waals surface area contributed by atoms with E-state index >= 15 is 0 Å². The van der Waals surface area contributed by atoms with Crippen LogP contribution in [0.1, 0.15) is 27.3 Å². The fourth-order valence-corrected chi connectivity index (χ4v) is 4.73. The monoisotopic (exact) mass is 499 g/mol. The molecule has 1 saturated heterocycles. The molecule has 0 saturated carbocycles. The molecule has 0 spiro atoms. The number of thioether (sulfide) groups is 1. The van der Waals surface area contributed by atoms with Gasteiger partial charge in [0.2, 0.25) is 0 Å². The zero-order valence-electron chi connectivity index (χ0n) is 18.0. The topological polar surface area (TPSA) is 72.7 Å². The van der Waals surface area contributed by atoms with Gasteiger partial charge in [0.05, 0.1) is 39.0 Å². The van der Waals surface area contributed by atoms with E-state index in [0.29, 0.717) is 37.1 Å². The van der Waals surface area contributed by atoms with Crippen LogP contribution in [0.3, 0.4) is 0 Å². The van der Waals surface area contributed by atoms with Gasteiger partial charge >= 0.3 is 5.97 Å². The van der Waals surface area contributed by atoms with Crippen LogP contribution in [0, 0.1) is 13.8 Å². The molecule has 1 aliphatic heterocycles. The average Bonchev–Trinajstić information content (AvgIpc) is 3.28. The second kappa shape index (κ2) is 9.47. The quantitative estimate of drug-likeness (QED) is 0.348. The second-order valence-corrected chi connectivity index (χ2v) is 9.04. The first-order chi connectivity index (χ1) is 15.8. The second-order valence-electron chi connectivity index (χ2n) is 7.23. The summed E-state index contributed by atoms with van der Waals surface area (Å²) in [5, 5.41) is 3.89. The van der Waals surface area contributed by atoms with Crippen molar-refractivity contribution in [3.8, 4) is 5.69 Å². The van der Waals surface area contributed by atoms with Crippen LogP contribution >= 0.6 is 35.0 Å². The fourth-order valence-electron chi connectivity index (χ4n) is 3.57. The Kier molecular flexibility index (Phi) is 6.65. The van der Waals surface area contributed by atoms with Crippen LogP contribution in [-0.4, -0.2) is 28.7 Å². The van der Waals surface area contributed by atoms with E-state index in [1.165, 1.54) is 18.9 Å². The molecule has 0 radical (unpaired) electrons. The maximum Gasteiger partial charge on any atom is 0.339 e. The number of aliphatic imine (C=N–C) groups is 1. The first-order valence-electron chi connectivity index (χ1n) is 9.90. The van der Waals surface area contributed by atoms with E-state index in [0.717, 1.165) is 17.0 Å². The number of methoxy groups -OCH3 is 1. The van der Waals surface area contributed by atoms with Crippen LogP contribution in [0.4, 0.5) is 5.69 Å². The number of esters is 1. The van der Waals surface area contributed by atoms with Gasteiger partial charge in [0.15, 0.2) is 5.17 Å². The summed E-state index contributed by atoms with van der Waals surface area (Å²) in [6.45, 7) is 3.88. The maximum absolute atomic E-state index is 12.6. The Morgan fingerprint density at radius 1 is 1.15 bits per heavy atom. The van der Waals surface area contributed by atoms with Gasteiger partial charge in [-0.2, -0.15) is 0 Å². The molecular weight excluding hydrogens is 481 g/mol. The van der Waals surface area contributed by atoms with Gasteiger partial charge in [0, 0.05) is 11.4 Å². The van der Waals surface area contributed by atoms with Crippen molar-refractivity contribution >= 4 is 63.8 Å². The lowest BCUT2D eigenvalue weighted by molar-refractivity contribution is -0.115. The van der Waals surface area contributed by atoms with Gasteiger partial charge in [-0.3, -0.25) is 4.79 Å². The van der Waals surface area contributed by atoms with Gasteiger partial charge in [0.1, 0.15) is 0 Å². The van der Waals surface area contributed by atoms with Crippen LogP contribution < -0.4 is 5.32 Å². The average molecular weight is 500 g/mol. The smallest absolute Gasteiger partial charge is 0.339 e. The Morgan fingerprint density at radius 2 is 1.91 bits per heavy atom. The summed E-state index contributed by atoms with van der Waals surface area (Å²) in [5.74, 6) is -0.666. The van der Waals surface area contributed by atoms with Crippen LogP contribution in [-0.2, 0) is 9.53 Å². The highest BCUT2D eigenvalue weighted by molar-refractivity contribution is 8.18. The molecule has 1 aliphatic rings. The number of ether oxygens (including phenoxy) is 1. The first kappa shape index (κ1) is 23.2. The number of nitrogens with zero attached hydrogens (tertiary/aromatic N) is 2. The molecule has 33 heavy (non-hydrogen) atoms. The van der Waals surface area contributed by atoms with Gasteiger partial charge in [-0.15, -0.1) is 0 Å². The lowest BCUT2D eigenvalue weighted by atomic mass is 10.1. The molecule has 6 nitrogen and oxygen atoms in total. The number of para-hydroxylation sites is 1. The van der Waals surface area contributed by atoms with Crippen molar-refractivity contribution in [3.05, 3.63) is 86.0 Å². The summed E-state index contributed by atoms with van der Waals surface area (Å²) < 4.78 is 6.90. The molecular formula is C24H19Cl2N3O3S. The summed E-state index contributed by atoms with van der Waals surface area (Å²) in [6, 6.07) is 14.3. The molecule has 1 N–H and O–H groups in total. The molecule has 3 aromatic rings. The SMILES string of the molecule is COC(=O)c1ccccc1-n1c(C)cc(C=C2SC(=Nc3cccc(Cl)c3Cl)NC2=O)c1C. The van der Waals surface area contributed by atoms with Crippen molar-refractivity contribution in [1.29, 1.82) is 0 Å². The minimum atomic E-state index is -0.413. The predicted molar refractivity (Wildman–Crippen MR) is 134 cm³/mol. The number of hydrogen-bond donors (Lipinski definition) is 1. The van der Waals surface area contributed by atoms with Gasteiger partial charge in [-0.25, -0.2) is 9.79 Å². The van der Waals surface area contributed by atoms with E-state index in [1.54, 1.807) is 30.3 Å². The Balaban J connectivity index is 1.69. The molecule has 9 heteroatoms. The normalized spacial score (nSPS) is 15.8. The van der Waals surface area contributed by atoms with Crippen molar-refractivity contribution in [3.63, 3.8) is 0 Å². The Hall–Kier alpha value is -3.00. The number of halogens is 2. The van der Waals surface area contributed by atoms with E-state index in [1.807, 2.05) is 42.7 Å². The summed E-state index contributed by atoms with van der Waals surface area (Å²) >= 11 is 13.5. The van der Waals surface area contributed by atoms with E-state index < -0.39 is 5.97 Å². The number of rotatable bonds is 4. The summed E-state index contributed by atoms with van der Waals surface area (Å²) in [7, 11) is 1.36. The molecule has 168 valence electrons. The highest BCUT2D eigenvalue weighted by Crippen LogP contribution is 2.35. The van der Waals surface area contributed by atoms with Crippen molar-refractivity contribution in [2.45, 2.75) is 13.8 Å². The minimum Gasteiger partial charge on any atom is -0.465 e. The number of carbonyl (C=O) groups is 2. The van der Waals surface area contributed by atoms with Gasteiger partial charge in [-0.05, 0) is 67.6 Å². The summed E-state index contributed by atoms with van der Waals surface area (Å²) in [6.07, 6.45) is 1.81. The maximum atomic E-state index is 12.6. The molecule has 1 amide bonds. The highest BCUT2D eigenvalue weighted by atomic mass is 35.5. The molecule has 0 bridgehead atoms. The number of amides is 1. The van der Waals surface area contributed by atoms with Crippen molar-refractivity contribution in [2.24, 2.45) is 4.99 Å². The zero-order valence-corrected chi connectivity index (χ0v) is 20.3. The van der Waals surface area contributed by atoms with Crippen LogP contribution in [0.2, 0.25) is 10.0 Å². The number of aryl methyl sites for hydroxylation is 1. The fraction of sp³-hybridized carbons (Fsp3) is 0.125. The molecule has 0 aliphatic carbocycles. The number of carbonyl (C=O) groups excluding carboxylic acids is 2. The number of benzene rings is 2. The Labute approximate surface area is 205 Å². The third-order valence-electron chi connectivity index (χ3n) is 5.11. The van der Waals surface area contributed by atoms with E-state index in [9.17, 15) is 9.59 Å². The molecule has 1 fully saturated rings.